The van der Waals surface area contributed by atoms with E-state index in [1.54, 1.807) is 11.3 Å². The molecule has 136 valence electrons. The molecule has 0 spiro atoms. The van der Waals surface area contributed by atoms with Crippen LogP contribution in [0.3, 0.4) is 0 Å². The number of nitrogens with zero attached hydrogens (tertiary/aromatic N) is 4. The summed E-state index contributed by atoms with van der Waals surface area (Å²) in [4.78, 5) is 14.2. The molecule has 25 heavy (non-hydrogen) atoms. The highest BCUT2D eigenvalue weighted by atomic mass is 32.1. The molecule has 0 saturated carbocycles. The number of aromatic nitrogens is 2. The van der Waals surface area contributed by atoms with Gasteiger partial charge in [0, 0.05) is 42.0 Å². The first-order chi connectivity index (χ1) is 11.8. The van der Waals surface area contributed by atoms with Crippen molar-refractivity contribution >= 4 is 17.2 Å². The fourth-order valence-electron chi connectivity index (χ4n) is 3.16. The van der Waals surface area contributed by atoms with Crippen LogP contribution in [0, 0.1) is 6.92 Å². The minimum atomic E-state index is -4.45. The summed E-state index contributed by atoms with van der Waals surface area (Å²) < 4.78 is 38.6. The lowest BCUT2D eigenvalue weighted by Gasteiger charge is -2.38. The molecule has 1 unspecified atom stereocenters. The molecule has 1 saturated heterocycles. The van der Waals surface area contributed by atoms with Crippen molar-refractivity contribution < 1.29 is 13.2 Å². The van der Waals surface area contributed by atoms with E-state index in [2.05, 4.69) is 33.9 Å². The largest absolute Gasteiger partial charge is 0.433 e. The Hall–Kier alpha value is -1.67. The fraction of sp³-hybridized carbons (Fsp3) is 0.529. The van der Waals surface area contributed by atoms with Crippen LogP contribution >= 0.6 is 11.3 Å². The summed E-state index contributed by atoms with van der Waals surface area (Å²) in [6.07, 6.45) is -1.49. The van der Waals surface area contributed by atoms with Crippen LogP contribution in [0.15, 0.2) is 24.5 Å². The third kappa shape index (κ3) is 4.49. The first-order valence-electron chi connectivity index (χ1n) is 8.22. The number of aryl methyl sites for hydroxylation is 1. The van der Waals surface area contributed by atoms with Crippen LogP contribution in [0.4, 0.5) is 19.0 Å². The molecule has 3 heterocycles. The van der Waals surface area contributed by atoms with Gasteiger partial charge in [-0.15, -0.1) is 11.3 Å². The van der Waals surface area contributed by atoms with E-state index >= 15 is 0 Å². The highest BCUT2D eigenvalue weighted by Crippen LogP contribution is 2.30. The second-order valence-corrected chi connectivity index (χ2v) is 7.79. The maximum atomic E-state index is 12.9. The minimum absolute atomic E-state index is 0.144. The van der Waals surface area contributed by atoms with E-state index in [0.29, 0.717) is 5.82 Å². The van der Waals surface area contributed by atoms with E-state index in [9.17, 15) is 13.2 Å². The van der Waals surface area contributed by atoms with Crippen molar-refractivity contribution in [3.8, 4) is 0 Å². The lowest BCUT2D eigenvalue weighted by Crippen LogP contribution is -2.46. The van der Waals surface area contributed by atoms with Crippen LogP contribution in [0.2, 0.25) is 0 Å². The van der Waals surface area contributed by atoms with E-state index in [1.807, 2.05) is 11.9 Å². The maximum Gasteiger partial charge on any atom is 0.433 e. The SMILES string of the molecule is Cc1ccc(CN2CCCC(N(C)c3cc(C(F)(F)F)ncn3)C2)s1. The second kappa shape index (κ2) is 7.29. The summed E-state index contributed by atoms with van der Waals surface area (Å²) in [5, 5.41) is 0. The van der Waals surface area contributed by atoms with Crippen LogP contribution in [-0.2, 0) is 12.7 Å². The number of anilines is 1. The maximum absolute atomic E-state index is 12.9. The average Bonchev–Trinajstić information content (AvgIpc) is 2.98. The van der Waals surface area contributed by atoms with E-state index in [0.717, 1.165) is 44.9 Å². The molecule has 0 N–H and O–H groups in total. The normalized spacial score (nSPS) is 19.2. The van der Waals surface area contributed by atoms with Gasteiger partial charge >= 0.3 is 6.18 Å². The number of likely N-dealkylation sites (N-methyl/N-ethyl adjacent to an activating group) is 1. The molecule has 0 aliphatic carbocycles. The van der Waals surface area contributed by atoms with Gasteiger partial charge in [0.2, 0.25) is 0 Å². The Balaban J connectivity index is 1.68. The summed E-state index contributed by atoms with van der Waals surface area (Å²) in [5.41, 5.74) is -0.897. The first-order valence-corrected chi connectivity index (χ1v) is 9.04. The van der Waals surface area contributed by atoms with Crippen molar-refractivity contribution in [3.05, 3.63) is 40.0 Å². The van der Waals surface area contributed by atoms with Crippen LogP contribution in [-0.4, -0.2) is 41.0 Å². The Bertz CT molecular complexity index is 716. The molecule has 2 aromatic heterocycles. The van der Waals surface area contributed by atoms with Crippen LogP contribution in [0.1, 0.15) is 28.3 Å². The van der Waals surface area contributed by atoms with Crippen molar-refractivity contribution in [1.82, 2.24) is 14.9 Å². The molecule has 8 heteroatoms. The second-order valence-electron chi connectivity index (χ2n) is 6.41. The van der Waals surface area contributed by atoms with Gasteiger partial charge in [0.25, 0.3) is 0 Å². The number of piperidine rings is 1. The summed E-state index contributed by atoms with van der Waals surface area (Å²) in [5.74, 6) is 0.321. The molecule has 0 aromatic carbocycles. The molecule has 0 radical (unpaired) electrons. The number of alkyl halides is 3. The lowest BCUT2D eigenvalue weighted by molar-refractivity contribution is -0.141. The van der Waals surface area contributed by atoms with Crippen molar-refractivity contribution in [1.29, 1.82) is 0 Å². The first kappa shape index (κ1) is 18.1. The molecule has 3 rings (SSSR count). The van der Waals surface area contributed by atoms with Gasteiger partial charge in [-0.3, -0.25) is 4.90 Å². The lowest BCUT2D eigenvalue weighted by atomic mass is 10.0. The third-order valence-electron chi connectivity index (χ3n) is 4.51. The predicted octanol–water partition coefficient (Wildman–Crippen LogP) is 3.97. The Kier molecular flexibility index (Phi) is 5.29. The Morgan fingerprint density at radius 3 is 2.80 bits per heavy atom. The zero-order valence-electron chi connectivity index (χ0n) is 14.3. The molecule has 1 fully saturated rings. The number of hydrogen-bond acceptors (Lipinski definition) is 5. The zero-order chi connectivity index (χ0) is 18.0. The average molecular weight is 370 g/mol. The third-order valence-corrected chi connectivity index (χ3v) is 5.49. The smallest absolute Gasteiger partial charge is 0.355 e. The van der Waals surface area contributed by atoms with E-state index in [-0.39, 0.29) is 6.04 Å². The predicted molar refractivity (Wildman–Crippen MR) is 92.8 cm³/mol. The highest BCUT2D eigenvalue weighted by molar-refractivity contribution is 7.11. The van der Waals surface area contributed by atoms with E-state index in [4.69, 9.17) is 0 Å². The van der Waals surface area contributed by atoms with Crippen LogP contribution in [0.5, 0.6) is 0 Å². The quantitative estimate of drug-likeness (QED) is 0.815. The van der Waals surface area contributed by atoms with Gasteiger partial charge < -0.3 is 4.90 Å². The minimum Gasteiger partial charge on any atom is -0.355 e. The molecule has 4 nitrogen and oxygen atoms in total. The van der Waals surface area contributed by atoms with Crippen molar-refractivity contribution in [2.75, 3.05) is 25.0 Å². The molecule has 0 amide bonds. The standard InChI is InChI=1S/C17H21F3N4S/c1-12-5-6-14(25-12)10-24-7-3-4-13(9-24)23(2)16-8-15(17(18,19)20)21-11-22-16/h5-6,8,11,13H,3-4,7,9-10H2,1-2H3. The summed E-state index contributed by atoms with van der Waals surface area (Å²) in [6, 6.07) is 5.44. The molecule has 1 aliphatic rings. The van der Waals surface area contributed by atoms with Gasteiger partial charge in [-0.1, -0.05) is 0 Å². The molecule has 2 aromatic rings. The highest BCUT2D eigenvalue weighted by Gasteiger charge is 2.34. The number of halogens is 3. The van der Waals surface area contributed by atoms with Gasteiger partial charge in [-0.25, -0.2) is 9.97 Å². The van der Waals surface area contributed by atoms with Crippen molar-refractivity contribution in [2.45, 2.75) is 38.5 Å². The number of thiophene rings is 1. The number of likely N-dealkylation sites (tertiary alicyclic amines) is 1. The molecule has 1 aliphatic heterocycles. The van der Waals surface area contributed by atoms with Gasteiger partial charge in [0.1, 0.15) is 17.8 Å². The monoisotopic (exact) mass is 370 g/mol. The Labute approximate surface area is 149 Å². The Morgan fingerprint density at radius 1 is 1.32 bits per heavy atom. The fourth-order valence-corrected chi connectivity index (χ4v) is 4.10. The summed E-state index contributed by atoms with van der Waals surface area (Å²) in [6.45, 7) is 4.81. The van der Waals surface area contributed by atoms with Crippen molar-refractivity contribution in [2.24, 2.45) is 0 Å². The number of rotatable bonds is 4. The van der Waals surface area contributed by atoms with Gasteiger partial charge in [-0.05, 0) is 38.4 Å². The van der Waals surface area contributed by atoms with Crippen LogP contribution in [0.25, 0.3) is 0 Å². The Morgan fingerprint density at radius 2 is 2.12 bits per heavy atom. The number of hydrogen-bond donors (Lipinski definition) is 0. The topological polar surface area (TPSA) is 32.3 Å². The summed E-state index contributed by atoms with van der Waals surface area (Å²) in [7, 11) is 1.81. The molecule has 1 atom stereocenters. The zero-order valence-corrected chi connectivity index (χ0v) is 15.1. The molecular formula is C17H21F3N4S. The van der Waals surface area contributed by atoms with Crippen LogP contribution < -0.4 is 4.90 Å². The molecular weight excluding hydrogens is 349 g/mol. The van der Waals surface area contributed by atoms with E-state index in [1.165, 1.54) is 9.75 Å². The van der Waals surface area contributed by atoms with Gasteiger partial charge in [0.05, 0.1) is 0 Å². The van der Waals surface area contributed by atoms with E-state index < -0.39 is 11.9 Å². The van der Waals surface area contributed by atoms with Crippen molar-refractivity contribution in [3.63, 3.8) is 0 Å². The van der Waals surface area contributed by atoms with Gasteiger partial charge in [0.15, 0.2) is 0 Å². The molecule has 0 bridgehead atoms. The summed E-state index contributed by atoms with van der Waals surface area (Å²) >= 11 is 1.79. The van der Waals surface area contributed by atoms with Gasteiger partial charge in [-0.2, -0.15) is 13.2 Å².